The first-order valence-corrected chi connectivity index (χ1v) is 6.37. The van der Waals surface area contributed by atoms with Gasteiger partial charge < -0.3 is 10.2 Å². The van der Waals surface area contributed by atoms with Crippen LogP contribution in [-0.2, 0) is 0 Å². The van der Waals surface area contributed by atoms with Gasteiger partial charge in [0.2, 0.25) is 0 Å². The van der Waals surface area contributed by atoms with E-state index in [0.717, 1.165) is 5.92 Å². The van der Waals surface area contributed by atoms with Crippen LogP contribution in [0, 0.1) is 11.3 Å². The van der Waals surface area contributed by atoms with Gasteiger partial charge in [-0.05, 0) is 57.3 Å². The highest BCUT2D eigenvalue weighted by Crippen LogP contribution is 2.18. The third-order valence-electron chi connectivity index (χ3n) is 3.12. The predicted molar refractivity (Wildman–Crippen MR) is 74.4 cm³/mol. The van der Waals surface area contributed by atoms with Crippen LogP contribution in [0.15, 0.2) is 0 Å². The Morgan fingerprint density at radius 2 is 1.75 bits per heavy atom. The SMILES string of the molecule is CN(CCC1CCNCC1)CC(C)(C)C.Cl. The summed E-state index contributed by atoms with van der Waals surface area (Å²) in [5.74, 6) is 0.966. The van der Waals surface area contributed by atoms with Gasteiger partial charge in [-0.1, -0.05) is 20.8 Å². The van der Waals surface area contributed by atoms with Crippen LogP contribution in [0.2, 0.25) is 0 Å². The van der Waals surface area contributed by atoms with Crippen LogP contribution in [0.25, 0.3) is 0 Å². The molecule has 0 aromatic heterocycles. The third-order valence-corrected chi connectivity index (χ3v) is 3.12. The molecule has 1 aliphatic heterocycles. The zero-order valence-electron chi connectivity index (χ0n) is 11.4. The minimum Gasteiger partial charge on any atom is -0.317 e. The molecule has 2 nitrogen and oxygen atoms in total. The van der Waals surface area contributed by atoms with Crippen molar-refractivity contribution < 1.29 is 0 Å². The normalized spacial score (nSPS) is 18.6. The summed E-state index contributed by atoms with van der Waals surface area (Å²) in [6, 6.07) is 0. The Labute approximate surface area is 108 Å². The van der Waals surface area contributed by atoms with Gasteiger partial charge in [-0.25, -0.2) is 0 Å². The quantitative estimate of drug-likeness (QED) is 0.823. The molecule has 1 rings (SSSR count). The van der Waals surface area contributed by atoms with Gasteiger partial charge in [-0.2, -0.15) is 0 Å². The third kappa shape index (κ3) is 7.48. The van der Waals surface area contributed by atoms with Crippen LogP contribution < -0.4 is 5.32 Å². The van der Waals surface area contributed by atoms with E-state index in [1.54, 1.807) is 0 Å². The van der Waals surface area contributed by atoms with E-state index in [2.05, 4.69) is 38.0 Å². The van der Waals surface area contributed by atoms with Gasteiger partial charge in [-0.3, -0.25) is 0 Å². The highest BCUT2D eigenvalue weighted by molar-refractivity contribution is 5.85. The van der Waals surface area contributed by atoms with Gasteiger partial charge in [0.25, 0.3) is 0 Å². The van der Waals surface area contributed by atoms with E-state index >= 15 is 0 Å². The maximum absolute atomic E-state index is 3.43. The molecule has 1 heterocycles. The number of nitrogens with zero attached hydrogens (tertiary/aromatic N) is 1. The second-order valence-corrected chi connectivity index (χ2v) is 6.28. The number of nitrogens with one attached hydrogen (secondary N) is 1. The maximum Gasteiger partial charge on any atom is 0.00270 e. The molecule has 0 bridgehead atoms. The Morgan fingerprint density at radius 1 is 1.19 bits per heavy atom. The summed E-state index contributed by atoms with van der Waals surface area (Å²) in [4.78, 5) is 2.49. The lowest BCUT2D eigenvalue weighted by molar-refractivity contribution is 0.206. The molecule has 3 heteroatoms. The molecule has 0 radical (unpaired) electrons. The second-order valence-electron chi connectivity index (χ2n) is 6.28. The van der Waals surface area contributed by atoms with Gasteiger partial charge in [0.1, 0.15) is 0 Å². The molecule has 0 aromatic rings. The molecule has 0 saturated carbocycles. The van der Waals surface area contributed by atoms with Gasteiger partial charge >= 0.3 is 0 Å². The van der Waals surface area contributed by atoms with Crippen LogP contribution in [0.5, 0.6) is 0 Å². The first-order valence-electron chi connectivity index (χ1n) is 6.37. The van der Waals surface area contributed by atoms with E-state index in [0.29, 0.717) is 5.41 Å². The van der Waals surface area contributed by atoms with Crippen LogP contribution in [0.1, 0.15) is 40.0 Å². The first kappa shape index (κ1) is 16.2. The molecular weight excluding hydrogens is 220 g/mol. The second kappa shape index (κ2) is 7.52. The highest BCUT2D eigenvalue weighted by atomic mass is 35.5. The molecule has 1 saturated heterocycles. The average Bonchev–Trinajstić information content (AvgIpc) is 2.14. The average molecular weight is 249 g/mol. The topological polar surface area (TPSA) is 15.3 Å². The van der Waals surface area contributed by atoms with E-state index in [-0.39, 0.29) is 12.4 Å². The Kier molecular flexibility index (Phi) is 7.62. The molecule has 1 aliphatic rings. The van der Waals surface area contributed by atoms with E-state index in [1.807, 2.05) is 0 Å². The Balaban J connectivity index is 0.00000225. The van der Waals surface area contributed by atoms with Gasteiger partial charge in [0.15, 0.2) is 0 Å². The summed E-state index contributed by atoms with van der Waals surface area (Å²) in [5, 5.41) is 3.43. The van der Waals surface area contributed by atoms with E-state index in [9.17, 15) is 0 Å². The molecule has 0 spiro atoms. The van der Waals surface area contributed by atoms with Crippen molar-refractivity contribution in [2.45, 2.75) is 40.0 Å². The fraction of sp³-hybridized carbons (Fsp3) is 1.00. The summed E-state index contributed by atoms with van der Waals surface area (Å²) < 4.78 is 0. The largest absolute Gasteiger partial charge is 0.317 e. The summed E-state index contributed by atoms with van der Waals surface area (Å²) in [7, 11) is 2.26. The number of hydrogen-bond donors (Lipinski definition) is 1. The molecule has 0 atom stereocenters. The lowest BCUT2D eigenvalue weighted by atomic mass is 9.93. The molecule has 1 fully saturated rings. The van der Waals surface area contributed by atoms with E-state index < -0.39 is 0 Å². The van der Waals surface area contributed by atoms with Crippen LogP contribution in [0.4, 0.5) is 0 Å². The first-order chi connectivity index (χ1) is 6.97. The summed E-state index contributed by atoms with van der Waals surface area (Å²) in [6.07, 6.45) is 4.14. The van der Waals surface area contributed by atoms with Gasteiger partial charge in [0, 0.05) is 6.54 Å². The summed E-state index contributed by atoms with van der Waals surface area (Å²) in [6.45, 7) is 11.9. The van der Waals surface area contributed by atoms with Crippen molar-refractivity contribution in [2.24, 2.45) is 11.3 Å². The number of rotatable bonds is 4. The molecule has 0 aliphatic carbocycles. The Bertz CT molecular complexity index is 171. The molecule has 0 aromatic carbocycles. The minimum absolute atomic E-state index is 0. The van der Waals surface area contributed by atoms with Crippen molar-refractivity contribution in [3.05, 3.63) is 0 Å². The standard InChI is InChI=1S/C13H28N2.ClH/c1-13(2,3)11-15(4)10-7-12-5-8-14-9-6-12;/h12,14H,5-11H2,1-4H3;1H. The molecule has 16 heavy (non-hydrogen) atoms. The van der Waals surface area contributed by atoms with Gasteiger partial charge in [0.05, 0.1) is 0 Å². The van der Waals surface area contributed by atoms with Crippen molar-refractivity contribution >= 4 is 12.4 Å². The number of halogens is 1. The van der Waals surface area contributed by atoms with Crippen molar-refractivity contribution in [1.82, 2.24) is 10.2 Å². The Morgan fingerprint density at radius 3 is 2.25 bits per heavy atom. The van der Waals surface area contributed by atoms with Crippen LogP contribution in [-0.4, -0.2) is 38.1 Å². The fourth-order valence-corrected chi connectivity index (χ4v) is 2.46. The van der Waals surface area contributed by atoms with Crippen LogP contribution in [0.3, 0.4) is 0 Å². The molecule has 1 N–H and O–H groups in total. The Hall–Kier alpha value is 0.210. The fourth-order valence-electron chi connectivity index (χ4n) is 2.46. The molecule has 0 amide bonds. The van der Waals surface area contributed by atoms with Crippen molar-refractivity contribution in [3.63, 3.8) is 0 Å². The zero-order valence-corrected chi connectivity index (χ0v) is 12.2. The van der Waals surface area contributed by atoms with Gasteiger partial charge in [-0.15, -0.1) is 12.4 Å². The maximum atomic E-state index is 3.43. The monoisotopic (exact) mass is 248 g/mol. The molecular formula is C13H29ClN2. The lowest BCUT2D eigenvalue weighted by Gasteiger charge is -2.29. The summed E-state index contributed by atoms with van der Waals surface area (Å²) >= 11 is 0. The van der Waals surface area contributed by atoms with E-state index in [4.69, 9.17) is 0 Å². The summed E-state index contributed by atoms with van der Waals surface area (Å²) in [5.41, 5.74) is 0.433. The smallest absolute Gasteiger partial charge is 0.00270 e. The predicted octanol–water partition coefficient (Wildman–Crippen LogP) is 2.78. The number of piperidine rings is 1. The van der Waals surface area contributed by atoms with Crippen molar-refractivity contribution in [2.75, 3.05) is 33.2 Å². The zero-order chi connectivity index (χ0) is 11.3. The number of hydrogen-bond acceptors (Lipinski definition) is 2. The molecule has 98 valence electrons. The lowest BCUT2D eigenvalue weighted by Crippen LogP contribution is -2.33. The van der Waals surface area contributed by atoms with E-state index in [1.165, 1.54) is 45.4 Å². The minimum atomic E-state index is 0. The van der Waals surface area contributed by atoms with Crippen molar-refractivity contribution in [1.29, 1.82) is 0 Å². The van der Waals surface area contributed by atoms with Crippen LogP contribution >= 0.6 is 12.4 Å². The van der Waals surface area contributed by atoms with Crippen molar-refractivity contribution in [3.8, 4) is 0 Å². The highest BCUT2D eigenvalue weighted by Gasteiger charge is 2.16. The molecule has 0 unspecified atom stereocenters.